The molecule has 0 unspecified atom stereocenters. The van der Waals surface area contributed by atoms with Gasteiger partial charge in [0.25, 0.3) is 0 Å². The zero-order chi connectivity index (χ0) is 15.6. The summed E-state index contributed by atoms with van der Waals surface area (Å²) in [7, 11) is 0. The molecule has 1 aliphatic heterocycles. The quantitative estimate of drug-likeness (QED) is 0.796. The van der Waals surface area contributed by atoms with Gasteiger partial charge < -0.3 is 4.90 Å². The number of piperidine rings is 1. The van der Waals surface area contributed by atoms with E-state index in [4.69, 9.17) is 0 Å². The van der Waals surface area contributed by atoms with E-state index in [9.17, 15) is 4.79 Å². The van der Waals surface area contributed by atoms with E-state index in [1.165, 1.54) is 0 Å². The Morgan fingerprint density at radius 3 is 3.09 bits per heavy atom. The molecule has 1 fully saturated rings. The molecule has 0 radical (unpaired) electrons. The number of para-hydroxylation sites is 1. The molecule has 4 rings (SSSR count). The van der Waals surface area contributed by atoms with Crippen molar-refractivity contribution in [3.8, 4) is 0 Å². The maximum atomic E-state index is 12.6. The summed E-state index contributed by atoms with van der Waals surface area (Å²) in [4.78, 5) is 14.6. The van der Waals surface area contributed by atoms with E-state index >= 15 is 0 Å². The van der Waals surface area contributed by atoms with E-state index < -0.39 is 0 Å². The fraction of sp³-hybridized carbons (Fsp3) is 0.375. The Labute approximate surface area is 133 Å². The topological polar surface area (TPSA) is 79.7 Å². The number of nitrogens with zero attached hydrogens (tertiary/aromatic N) is 5. The monoisotopic (exact) mass is 310 g/mol. The first-order valence-corrected chi connectivity index (χ1v) is 7.86. The minimum atomic E-state index is 0.0878. The highest BCUT2D eigenvalue weighted by molar-refractivity contribution is 5.80. The van der Waals surface area contributed by atoms with Crippen molar-refractivity contribution in [1.82, 2.24) is 30.1 Å². The van der Waals surface area contributed by atoms with Crippen LogP contribution in [0.2, 0.25) is 0 Å². The van der Waals surface area contributed by atoms with Crippen LogP contribution in [0.5, 0.6) is 0 Å². The van der Waals surface area contributed by atoms with E-state index in [2.05, 4.69) is 20.5 Å². The minimum absolute atomic E-state index is 0.0878. The Bertz CT molecular complexity index is 809. The van der Waals surface area contributed by atoms with Gasteiger partial charge in [-0.25, -0.2) is 4.68 Å². The van der Waals surface area contributed by atoms with Crippen molar-refractivity contribution >= 4 is 16.9 Å². The molecular formula is C16H18N6O. The normalized spacial score (nSPS) is 18.4. The molecule has 7 heteroatoms. The van der Waals surface area contributed by atoms with E-state index in [0.29, 0.717) is 5.92 Å². The SMILES string of the molecule is O=C(Cn1nnc2ccccc21)N1CCC[C@H](c2ccn[nH]2)C1. The van der Waals surface area contributed by atoms with Crippen molar-refractivity contribution in [2.75, 3.05) is 13.1 Å². The van der Waals surface area contributed by atoms with Crippen LogP contribution in [0.1, 0.15) is 24.5 Å². The molecule has 0 saturated carbocycles. The number of rotatable bonds is 3. The summed E-state index contributed by atoms with van der Waals surface area (Å²) in [5.74, 6) is 0.424. The molecular weight excluding hydrogens is 292 g/mol. The number of carbonyl (C=O) groups is 1. The molecule has 0 bridgehead atoms. The molecule has 0 spiro atoms. The third-order valence-electron chi connectivity index (χ3n) is 4.44. The summed E-state index contributed by atoms with van der Waals surface area (Å²) in [6.07, 6.45) is 3.85. The molecule has 1 atom stereocenters. The number of benzene rings is 1. The maximum absolute atomic E-state index is 12.6. The summed E-state index contributed by atoms with van der Waals surface area (Å²) in [5.41, 5.74) is 2.81. The van der Waals surface area contributed by atoms with E-state index in [0.717, 1.165) is 42.7 Å². The summed E-state index contributed by atoms with van der Waals surface area (Å²) >= 11 is 0. The average Bonchev–Trinajstić information content (AvgIpc) is 3.25. The first-order valence-electron chi connectivity index (χ1n) is 7.86. The van der Waals surface area contributed by atoms with Crippen molar-refractivity contribution < 1.29 is 4.79 Å². The van der Waals surface area contributed by atoms with Crippen molar-refractivity contribution in [3.05, 3.63) is 42.2 Å². The highest BCUT2D eigenvalue weighted by Crippen LogP contribution is 2.25. The van der Waals surface area contributed by atoms with Gasteiger partial charge in [-0.2, -0.15) is 5.10 Å². The zero-order valence-corrected chi connectivity index (χ0v) is 12.7. The average molecular weight is 310 g/mol. The fourth-order valence-corrected chi connectivity index (χ4v) is 3.21. The van der Waals surface area contributed by atoms with E-state index in [1.807, 2.05) is 35.2 Å². The highest BCUT2D eigenvalue weighted by Gasteiger charge is 2.26. The smallest absolute Gasteiger partial charge is 0.244 e. The Morgan fingerprint density at radius 1 is 1.30 bits per heavy atom. The first-order chi connectivity index (χ1) is 11.3. The molecule has 23 heavy (non-hydrogen) atoms. The molecule has 0 aliphatic carbocycles. The summed E-state index contributed by atoms with van der Waals surface area (Å²) < 4.78 is 1.68. The second kappa shape index (κ2) is 5.83. The number of aromatic amines is 1. The van der Waals surface area contributed by atoms with Crippen LogP contribution >= 0.6 is 0 Å². The molecule has 7 nitrogen and oxygen atoms in total. The molecule has 1 saturated heterocycles. The van der Waals surface area contributed by atoms with Crippen LogP contribution in [-0.4, -0.2) is 49.1 Å². The number of hydrogen-bond acceptors (Lipinski definition) is 4. The third-order valence-corrected chi connectivity index (χ3v) is 4.44. The number of aromatic nitrogens is 5. The lowest BCUT2D eigenvalue weighted by Gasteiger charge is -2.32. The second-order valence-corrected chi connectivity index (χ2v) is 5.93. The molecule has 3 aromatic rings. The van der Waals surface area contributed by atoms with Gasteiger partial charge in [0.1, 0.15) is 12.1 Å². The van der Waals surface area contributed by atoms with Crippen molar-refractivity contribution in [2.45, 2.75) is 25.3 Å². The molecule has 3 heterocycles. The molecule has 1 amide bonds. The highest BCUT2D eigenvalue weighted by atomic mass is 16.2. The fourth-order valence-electron chi connectivity index (χ4n) is 3.21. The van der Waals surface area contributed by atoms with Gasteiger partial charge in [0, 0.05) is 30.9 Å². The van der Waals surface area contributed by atoms with Gasteiger partial charge >= 0.3 is 0 Å². The number of fused-ring (bicyclic) bond motifs is 1. The molecule has 1 aromatic carbocycles. The minimum Gasteiger partial charge on any atom is -0.340 e. The lowest BCUT2D eigenvalue weighted by Crippen LogP contribution is -2.41. The van der Waals surface area contributed by atoms with Crippen LogP contribution in [0.15, 0.2) is 36.5 Å². The second-order valence-electron chi connectivity index (χ2n) is 5.93. The lowest BCUT2D eigenvalue weighted by atomic mass is 9.95. The Balaban J connectivity index is 1.48. The standard InChI is InChI=1S/C16H18N6O/c23-16(11-22-15-6-2-1-5-14(15)19-20-22)21-9-3-4-12(10-21)13-7-8-17-18-13/h1-2,5-8,12H,3-4,9-11H2,(H,17,18)/t12-/m0/s1. The van der Waals surface area contributed by atoms with Crippen LogP contribution < -0.4 is 0 Å². The number of carbonyl (C=O) groups excluding carboxylic acids is 1. The predicted octanol–water partition coefficient (Wildman–Crippen LogP) is 1.56. The number of nitrogens with one attached hydrogen (secondary N) is 1. The van der Waals surface area contributed by atoms with Gasteiger partial charge in [0.15, 0.2) is 0 Å². The Hall–Kier alpha value is -2.70. The molecule has 1 N–H and O–H groups in total. The van der Waals surface area contributed by atoms with Gasteiger partial charge in [-0.05, 0) is 31.0 Å². The molecule has 2 aromatic heterocycles. The largest absolute Gasteiger partial charge is 0.340 e. The van der Waals surface area contributed by atoms with Crippen molar-refractivity contribution in [3.63, 3.8) is 0 Å². The first kappa shape index (κ1) is 13.9. The third kappa shape index (κ3) is 2.69. The Kier molecular flexibility index (Phi) is 3.53. The van der Waals surface area contributed by atoms with Crippen LogP contribution in [0.4, 0.5) is 0 Å². The van der Waals surface area contributed by atoms with Crippen LogP contribution in [0, 0.1) is 0 Å². The predicted molar refractivity (Wildman–Crippen MR) is 84.7 cm³/mol. The van der Waals surface area contributed by atoms with Crippen LogP contribution in [0.3, 0.4) is 0 Å². The van der Waals surface area contributed by atoms with Gasteiger partial charge in [-0.1, -0.05) is 17.3 Å². The van der Waals surface area contributed by atoms with Crippen LogP contribution in [0.25, 0.3) is 11.0 Å². The summed E-state index contributed by atoms with van der Waals surface area (Å²) in [6, 6.07) is 9.68. The Morgan fingerprint density at radius 2 is 2.22 bits per heavy atom. The summed E-state index contributed by atoms with van der Waals surface area (Å²) in [6.45, 7) is 1.76. The number of likely N-dealkylation sites (tertiary alicyclic amines) is 1. The molecule has 1 aliphatic rings. The lowest BCUT2D eigenvalue weighted by molar-refractivity contribution is -0.133. The van der Waals surface area contributed by atoms with E-state index in [1.54, 1.807) is 10.9 Å². The molecule has 118 valence electrons. The van der Waals surface area contributed by atoms with E-state index in [-0.39, 0.29) is 12.5 Å². The number of hydrogen-bond donors (Lipinski definition) is 1. The van der Waals surface area contributed by atoms with Crippen LogP contribution in [-0.2, 0) is 11.3 Å². The van der Waals surface area contributed by atoms with Crippen molar-refractivity contribution in [2.24, 2.45) is 0 Å². The van der Waals surface area contributed by atoms with Gasteiger partial charge in [-0.3, -0.25) is 9.89 Å². The van der Waals surface area contributed by atoms with Crippen molar-refractivity contribution in [1.29, 1.82) is 0 Å². The van der Waals surface area contributed by atoms with Gasteiger partial charge in [0.05, 0.1) is 5.52 Å². The zero-order valence-electron chi connectivity index (χ0n) is 12.7. The number of amides is 1. The van der Waals surface area contributed by atoms with Gasteiger partial charge in [0.2, 0.25) is 5.91 Å². The summed E-state index contributed by atoms with van der Waals surface area (Å²) in [5, 5.41) is 15.2. The van der Waals surface area contributed by atoms with Gasteiger partial charge in [-0.15, -0.1) is 5.10 Å². The maximum Gasteiger partial charge on any atom is 0.244 e. The number of H-pyrrole nitrogens is 1.